The maximum atomic E-state index is 13.5. The van der Waals surface area contributed by atoms with Gasteiger partial charge >= 0.3 is 0 Å². The topological polar surface area (TPSA) is 96.1 Å². The van der Waals surface area contributed by atoms with Crippen LogP contribution in [0.1, 0.15) is 12.0 Å². The highest BCUT2D eigenvalue weighted by Crippen LogP contribution is 2.27. The fourth-order valence-electron chi connectivity index (χ4n) is 3.17. The minimum Gasteiger partial charge on any atom is -0.381 e. The summed E-state index contributed by atoms with van der Waals surface area (Å²) >= 11 is 0. The zero-order valence-corrected chi connectivity index (χ0v) is 16.1. The summed E-state index contributed by atoms with van der Waals surface area (Å²) in [5.41, 5.74) is 1.87. The number of H-pyrrole nitrogens is 1. The molecule has 7 nitrogen and oxygen atoms in total. The lowest BCUT2D eigenvalue weighted by Gasteiger charge is -2.11. The Morgan fingerprint density at radius 2 is 2.14 bits per heavy atom. The minimum atomic E-state index is -3.64. The van der Waals surface area contributed by atoms with Crippen molar-refractivity contribution >= 4 is 32.4 Å². The van der Waals surface area contributed by atoms with Crippen LogP contribution in [0.3, 0.4) is 0 Å². The van der Waals surface area contributed by atoms with Crippen molar-refractivity contribution in [2.75, 3.05) is 25.1 Å². The molecule has 9 heteroatoms. The van der Waals surface area contributed by atoms with Gasteiger partial charge < -0.3 is 10.1 Å². The number of hydrogen-bond acceptors (Lipinski definition) is 5. The van der Waals surface area contributed by atoms with Gasteiger partial charge in [-0.1, -0.05) is 0 Å². The van der Waals surface area contributed by atoms with E-state index in [1.807, 2.05) is 0 Å². The van der Waals surface area contributed by atoms with Crippen LogP contribution in [0, 0.1) is 18.7 Å². The fraction of sp³-hybridized carbons (Fsp3) is 0.316. The van der Waals surface area contributed by atoms with E-state index < -0.39 is 10.0 Å². The predicted octanol–water partition coefficient (Wildman–Crippen LogP) is 3.07. The van der Waals surface area contributed by atoms with Crippen LogP contribution in [0.15, 0.2) is 41.3 Å². The smallest absolute Gasteiger partial charge is 0.240 e. The summed E-state index contributed by atoms with van der Waals surface area (Å²) < 4.78 is 46.7. The molecule has 0 radical (unpaired) electrons. The van der Waals surface area contributed by atoms with E-state index in [2.05, 4.69) is 20.2 Å². The second-order valence-corrected chi connectivity index (χ2v) is 8.72. The molecular weight excluding hydrogens is 383 g/mol. The Bertz CT molecular complexity index is 1110. The molecule has 0 spiro atoms. The Hall–Kier alpha value is -2.49. The molecule has 148 valence electrons. The molecule has 2 aromatic carbocycles. The first-order valence-electron chi connectivity index (χ1n) is 9.01. The van der Waals surface area contributed by atoms with Crippen LogP contribution in [-0.4, -0.2) is 38.4 Å². The molecule has 3 aromatic rings. The molecule has 28 heavy (non-hydrogen) atoms. The summed E-state index contributed by atoms with van der Waals surface area (Å²) in [7, 11) is -3.64. The van der Waals surface area contributed by atoms with Gasteiger partial charge in [0.1, 0.15) is 5.82 Å². The number of halogens is 1. The third kappa shape index (κ3) is 3.87. The van der Waals surface area contributed by atoms with Gasteiger partial charge in [-0.15, -0.1) is 0 Å². The van der Waals surface area contributed by atoms with Gasteiger partial charge in [0.05, 0.1) is 17.0 Å². The molecule has 2 heterocycles. The number of aromatic amines is 1. The van der Waals surface area contributed by atoms with Crippen LogP contribution in [0.2, 0.25) is 0 Å². The number of nitrogens with one attached hydrogen (secondary N) is 3. The standard InChI is InChI=1S/C19H21FN4O3S/c1-12-8-14(2-4-17(12)20)22-19-16-9-15(3-5-18(16)23-24-19)28(25,26)21-10-13-6-7-27-11-13/h2-5,8-9,13,21H,6-7,10-11H2,1H3,(H2,22,23,24)/t13-/m1/s1. The second kappa shape index (κ2) is 7.50. The number of rotatable bonds is 6. The maximum absolute atomic E-state index is 13.5. The number of sulfonamides is 1. The van der Waals surface area contributed by atoms with Gasteiger partial charge in [-0.05, 0) is 61.2 Å². The minimum absolute atomic E-state index is 0.165. The molecule has 1 aliphatic heterocycles. The first kappa shape index (κ1) is 18.9. The fourth-order valence-corrected chi connectivity index (χ4v) is 4.31. The van der Waals surface area contributed by atoms with Gasteiger partial charge in [0.25, 0.3) is 0 Å². The number of hydrogen-bond donors (Lipinski definition) is 3. The van der Waals surface area contributed by atoms with Crippen LogP contribution in [0.4, 0.5) is 15.9 Å². The lowest BCUT2D eigenvalue weighted by atomic mass is 10.1. The molecule has 0 aliphatic carbocycles. The molecule has 0 bridgehead atoms. The van der Waals surface area contributed by atoms with Crippen LogP contribution < -0.4 is 10.0 Å². The third-order valence-corrected chi connectivity index (χ3v) is 6.27. The Morgan fingerprint density at radius 1 is 1.29 bits per heavy atom. The van der Waals surface area contributed by atoms with E-state index >= 15 is 0 Å². The Morgan fingerprint density at radius 3 is 2.89 bits per heavy atom. The average molecular weight is 404 g/mol. The maximum Gasteiger partial charge on any atom is 0.240 e. The van der Waals surface area contributed by atoms with E-state index in [4.69, 9.17) is 4.74 Å². The molecule has 1 atom stereocenters. The van der Waals surface area contributed by atoms with Crippen LogP contribution in [0.5, 0.6) is 0 Å². The van der Waals surface area contributed by atoms with Gasteiger partial charge in [-0.25, -0.2) is 17.5 Å². The number of benzene rings is 2. The summed E-state index contributed by atoms with van der Waals surface area (Å²) in [4.78, 5) is 0.165. The van der Waals surface area contributed by atoms with Gasteiger partial charge in [0, 0.05) is 24.2 Å². The number of fused-ring (bicyclic) bond motifs is 1. The van der Waals surface area contributed by atoms with Gasteiger partial charge in [-0.3, -0.25) is 5.10 Å². The molecule has 0 unspecified atom stereocenters. The monoisotopic (exact) mass is 404 g/mol. The molecule has 1 saturated heterocycles. The van der Waals surface area contributed by atoms with Crippen molar-refractivity contribution < 1.29 is 17.5 Å². The van der Waals surface area contributed by atoms with Crippen LogP contribution >= 0.6 is 0 Å². The summed E-state index contributed by atoms with van der Waals surface area (Å²) in [6.45, 7) is 3.28. The van der Waals surface area contributed by atoms with Crippen molar-refractivity contribution in [3.63, 3.8) is 0 Å². The van der Waals surface area contributed by atoms with E-state index in [0.717, 1.165) is 6.42 Å². The lowest BCUT2D eigenvalue weighted by Crippen LogP contribution is -2.29. The molecule has 0 amide bonds. The quantitative estimate of drug-likeness (QED) is 0.587. The van der Waals surface area contributed by atoms with Crippen LogP contribution in [0.25, 0.3) is 10.9 Å². The lowest BCUT2D eigenvalue weighted by molar-refractivity contribution is 0.186. The van der Waals surface area contributed by atoms with Crippen molar-refractivity contribution in [3.05, 3.63) is 47.8 Å². The normalized spacial score (nSPS) is 17.3. The highest BCUT2D eigenvalue weighted by atomic mass is 32.2. The van der Waals surface area contributed by atoms with E-state index in [1.165, 1.54) is 6.07 Å². The van der Waals surface area contributed by atoms with E-state index in [9.17, 15) is 12.8 Å². The van der Waals surface area contributed by atoms with Gasteiger partial charge in [0.15, 0.2) is 5.82 Å². The predicted molar refractivity (Wildman–Crippen MR) is 105 cm³/mol. The Kier molecular flexibility index (Phi) is 5.05. The molecular formula is C19H21FN4O3S. The molecule has 0 saturated carbocycles. The highest BCUT2D eigenvalue weighted by molar-refractivity contribution is 7.89. The van der Waals surface area contributed by atoms with Gasteiger partial charge in [0.2, 0.25) is 10.0 Å². The van der Waals surface area contributed by atoms with Crippen molar-refractivity contribution in [2.45, 2.75) is 18.2 Å². The summed E-state index contributed by atoms with van der Waals surface area (Å²) in [5, 5.41) is 10.8. The first-order chi connectivity index (χ1) is 13.4. The Labute approximate surface area is 162 Å². The first-order valence-corrected chi connectivity index (χ1v) is 10.5. The van der Waals surface area contributed by atoms with E-state index in [1.54, 1.807) is 37.3 Å². The SMILES string of the molecule is Cc1cc(Nc2n[nH]c3ccc(S(=O)(=O)NC[C@H]4CCOC4)cc23)ccc1F. The molecule has 1 aromatic heterocycles. The zero-order chi connectivity index (χ0) is 19.7. The molecule has 1 aliphatic rings. The summed E-state index contributed by atoms with van der Waals surface area (Å²) in [6, 6.07) is 9.44. The Balaban J connectivity index is 1.59. The number of aryl methyl sites for hydroxylation is 1. The van der Waals surface area contributed by atoms with Crippen LogP contribution in [-0.2, 0) is 14.8 Å². The van der Waals surface area contributed by atoms with Crippen molar-refractivity contribution in [1.82, 2.24) is 14.9 Å². The summed E-state index contributed by atoms with van der Waals surface area (Å²) in [6.07, 6.45) is 0.856. The number of anilines is 2. The number of aromatic nitrogens is 2. The number of nitrogens with zero attached hydrogens (tertiary/aromatic N) is 1. The zero-order valence-electron chi connectivity index (χ0n) is 15.3. The van der Waals surface area contributed by atoms with E-state index in [-0.39, 0.29) is 16.6 Å². The largest absolute Gasteiger partial charge is 0.381 e. The van der Waals surface area contributed by atoms with Crippen molar-refractivity contribution in [1.29, 1.82) is 0 Å². The number of ether oxygens (including phenoxy) is 1. The average Bonchev–Trinajstić information content (AvgIpc) is 3.33. The van der Waals surface area contributed by atoms with Crippen molar-refractivity contribution in [2.24, 2.45) is 5.92 Å². The highest BCUT2D eigenvalue weighted by Gasteiger charge is 2.21. The van der Waals surface area contributed by atoms with E-state index in [0.29, 0.717) is 47.7 Å². The molecule has 3 N–H and O–H groups in total. The third-order valence-electron chi connectivity index (χ3n) is 4.85. The van der Waals surface area contributed by atoms with Crippen molar-refractivity contribution in [3.8, 4) is 0 Å². The summed E-state index contributed by atoms with van der Waals surface area (Å²) in [5.74, 6) is 0.387. The molecule has 4 rings (SSSR count). The molecule has 1 fully saturated rings. The second-order valence-electron chi connectivity index (χ2n) is 6.95. The van der Waals surface area contributed by atoms with Gasteiger partial charge in [-0.2, -0.15) is 5.10 Å².